The summed E-state index contributed by atoms with van der Waals surface area (Å²) in [6, 6.07) is 9.09. The molecule has 3 rings (SSSR count). The Morgan fingerprint density at radius 1 is 1.12 bits per heavy atom. The van der Waals surface area contributed by atoms with Gasteiger partial charge in [-0.15, -0.1) is 0 Å². The van der Waals surface area contributed by atoms with Crippen molar-refractivity contribution in [2.24, 2.45) is 0 Å². The Balaban J connectivity index is 1.93. The Morgan fingerprint density at radius 2 is 1.85 bits per heavy atom. The second-order valence-corrected chi connectivity index (χ2v) is 8.10. The third-order valence-corrected chi connectivity index (χ3v) is 5.38. The number of rotatable bonds is 9. The van der Waals surface area contributed by atoms with Crippen molar-refractivity contribution in [1.29, 1.82) is 0 Å². The van der Waals surface area contributed by atoms with Crippen molar-refractivity contribution < 1.29 is 28.6 Å². The number of ether oxygens (including phenoxy) is 3. The number of carbonyl (C=O) groups is 3. The molecule has 0 aliphatic carbocycles. The molecule has 4 amide bonds. The van der Waals surface area contributed by atoms with Gasteiger partial charge in [-0.3, -0.25) is 14.9 Å². The highest BCUT2D eigenvalue weighted by Crippen LogP contribution is 2.35. The van der Waals surface area contributed by atoms with Crippen LogP contribution in [0.15, 0.2) is 54.6 Å². The third kappa shape index (κ3) is 5.54. The maximum Gasteiger partial charge on any atom is 0.335 e. The Labute approximate surface area is 205 Å². The minimum atomic E-state index is -0.815. The van der Waals surface area contributed by atoms with Crippen LogP contribution in [0.2, 0.25) is 0 Å². The molecule has 2 aromatic rings. The van der Waals surface area contributed by atoms with Crippen molar-refractivity contribution in [2.75, 3.05) is 25.2 Å². The van der Waals surface area contributed by atoms with E-state index in [0.29, 0.717) is 41.7 Å². The summed E-state index contributed by atoms with van der Waals surface area (Å²) in [5.41, 5.74) is 0.678. The molecular formula is C24H23IN2O6. The first-order valence-corrected chi connectivity index (χ1v) is 11.2. The molecule has 0 aromatic heterocycles. The predicted molar refractivity (Wildman–Crippen MR) is 133 cm³/mol. The van der Waals surface area contributed by atoms with Gasteiger partial charge in [0.15, 0.2) is 11.5 Å². The second-order valence-electron chi connectivity index (χ2n) is 6.93. The summed E-state index contributed by atoms with van der Waals surface area (Å²) < 4.78 is 17.3. The van der Waals surface area contributed by atoms with Crippen LogP contribution in [0.4, 0.5) is 10.5 Å². The van der Waals surface area contributed by atoms with Crippen LogP contribution in [0.1, 0.15) is 18.9 Å². The fourth-order valence-corrected chi connectivity index (χ4v) is 3.86. The molecule has 1 saturated heterocycles. The van der Waals surface area contributed by atoms with Crippen molar-refractivity contribution in [1.82, 2.24) is 5.32 Å². The number of urea groups is 1. The third-order valence-electron chi connectivity index (χ3n) is 4.58. The van der Waals surface area contributed by atoms with Crippen molar-refractivity contribution in [3.8, 4) is 17.2 Å². The van der Waals surface area contributed by atoms with Gasteiger partial charge in [-0.05, 0) is 77.0 Å². The van der Waals surface area contributed by atoms with Gasteiger partial charge >= 0.3 is 6.03 Å². The molecule has 1 fully saturated rings. The monoisotopic (exact) mass is 562 g/mol. The fourth-order valence-electron chi connectivity index (χ4n) is 3.08. The van der Waals surface area contributed by atoms with Gasteiger partial charge in [-0.25, -0.2) is 9.69 Å². The van der Waals surface area contributed by atoms with E-state index in [2.05, 4.69) is 34.5 Å². The van der Waals surface area contributed by atoms with Gasteiger partial charge < -0.3 is 14.2 Å². The summed E-state index contributed by atoms with van der Waals surface area (Å²) in [7, 11) is 1.50. The molecule has 1 aliphatic heterocycles. The van der Waals surface area contributed by atoms with E-state index in [0.717, 1.165) is 14.9 Å². The minimum absolute atomic E-state index is 0.182. The van der Waals surface area contributed by atoms with Gasteiger partial charge in [0.2, 0.25) is 0 Å². The van der Waals surface area contributed by atoms with Gasteiger partial charge in [0.05, 0.1) is 23.0 Å². The van der Waals surface area contributed by atoms with Crippen LogP contribution in [0.25, 0.3) is 6.08 Å². The zero-order valence-electron chi connectivity index (χ0n) is 18.2. The quantitative estimate of drug-likeness (QED) is 0.212. The average Bonchev–Trinajstić information content (AvgIpc) is 2.80. The van der Waals surface area contributed by atoms with Gasteiger partial charge in [-0.2, -0.15) is 0 Å². The second kappa shape index (κ2) is 11.0. The van der Waals surface area contributed by atoms with E-state index in [1.165, 1.54) is 13.2 Å². The lowest BCUT2D eigenvalue weighted by Gasteiger charge is -2.26. The van der Waals surface area contributed by atoms with E-state index in [9.17, 15) is 14.4 Å². The summed E-state index contributed by atoms with van der Waals surface area (Å²) in [5.74, 6) is 0.0893. The normalized spacial score (nSPS) is 14.8. The molecular weight excluding hydrogens is 539 g/mol. The molecule has 0 saturated carbocycles. The molecule has 0 atom stereocenters. The van der Waals surface area contributed by atoms with Gasteiger partial charge in [0.1, 0.15) is 17.9 Å². The smallest absolute Gasteiger partial charge is 0.335 e. The number of nitrogens with zero attached hydrogens (tertiary/aromatic N) is 1. The lowest BCUT2D eigenvalue weighted by Crippen LogP contribution is -2.54. The maximum atomic E-state index is 13.1. The lowest BCUT2D eigenvalue weighted by molar-refractivity contribution is -0.122. The fraction of sp³-hybridized carbons (Fsp3) is 0.208. The summed E-state index contributed by atoms with van der Waals surface area (Å²) in [5, 5.41) is 2.22. The highest BCUT2D eigenvalue weighted by atomic mass is 127. The van der Waals surface area contributed by atoms with E-state index in [-0.39, 0.29) is 5.57 Å². The molecule has 8 nitrogen and oxygen atoms in total. The summed E-state index contributed by atoms with van der Waals surface area (Å²) in [4.78, 5) is 39.0. The van der Waals surface area contributed by atoms with Crippen molar-refractivity contribution in [2.45, 2.75) is 13.3 Å². The number of benzene rings is 2. The SMILES string of the molecule is C=CCOc1c(I)cc(/C=C2/C(=O)NC(=O)N(c3ccc(OCCC)cc3)C2=O)cc1OC. The summed E-state index contributed by atoms with van der Waals surface area (Å²) >= 11 is 2.08. The van der Waals surface area contributed by atoms with Gasteiger partial charge in [0.25, 0.3) is 11.8 Å². The van der Waals surface area contributed by atoms with Crippen LogP contribution in [0.5, 0.6) is 17.2 Å². The molecule has 0 radical (unpaired) electrons. The highest BCUT2D eigenvalue weighted by molar-refractivity contribution is 14.1. The molecule has 0 unspecified atom stereocenters. The number of hydrogen-bond acceptors (Lipinski definition) is 6. The molecule has 33 heavy (non-hydrogen) atoms. The number of halogens is 1. The average molecular weight is 562 g/mol. The summed E-state index contributed by atoms with van der Waals surface area (Å²) in [6.07, 6.45) is 3.89. The van der Waals surface area contributed by atoms with Crippen LogP contribution in [0.3, 0.4) is 0 Å². The molecule has 1 N–H and O–H groups in total. The minimum Gasteiger partial charge on any atom is -0.494 e. The van der Waals surface area contributed by atoms with Crippen LogP contribution in [-0.2, 0) is 9.59 Å². The predicted octanol–water partition coefficient (Wildman–Crippen LogP) is 4.32. The number of amides is 4. The van der Waals surface area contributed by atoms with Crippen molar-refractivity contribution in [3.63, 3.8) is 0 Å². The molecule has 9 heteroatoms. The molecule has 172 valence electrons. The molecule has 0 bridgehead atoms. The number of imide groups is 2. The van der Waals surface area contributed by atoms with Gasteiger partial charge in [-0.1, -0.05) is 19.6 Å². The Morgan fingerprint density at radius 3 is 2.48 bits per heavy atom. The largest absolute Gasteiger partial charge is 0.494 e. The molecule has 2 aromatic carbocycles. The first-order chi connectivity index (χ1) is 15.9. The first kappa shape index (κ1) is 24.3. The van der Waals surface area contributed by atoms with E-state index >= 15 is 0 Å². The molecule has 0 spiro atoms. The molecule has 1 heterocycles. The van der Waals surface area contributed by atoms with Crippen molar-refractivity contribution in [3.05, 3.63) is 63.8 Å². The number of methoxy groups -OCH3 is 1. The Kier molecular flexibility index (Phi) is 8.10. The standard InChI is InChI=1S/C24H23IN2O6/c1-4-10-32-17-8-6-16(7-9-17)27-23(29)18(22(28)26-24(27)30)12-15-13-19(25)21(33-11-5-2)20(14-15)31-3/h5-9,12-14H,2,4,10-11H2,1,3H3,(H,26,28,30)/b18-12-. The topological polar surface area (TPSA) is 94.2 Å². The number of carbonyl (C=O) groups excluding carboxylic acids is 3. The highest BCUT2D eigenvalue weighted by Gasteiger charge is 2.36. The maximum absolute atomic E-state index is 13.1. The Bertz CT molecular complexity index is 1110. The zero-order chi connectivity index (χ0) is 24.0. The number of barbiturate groups is 1. The Hall–Kier alpha value is -3.34. The van der Waals surface area contributed by atoms with Crippen molar-refractivity contribution >= 4 is 52.2 Å². The van der Waals surface area contributed by atoms with Gasteiger partial charge in [0, 0.05) is 0 Å². The number of nitrogens with one attached hydrogen (secondary N) is 1. The number of hydrogen-bond donors (Lipinski definition) is 1. The van der Waals surface area contributed by atoms with Crippen LogP contribution in [0, 0.1) is 3.57 Å². The molecule has 1 aliphatic rings. The van der Waals surface area contributed by atoms with Crippen LogP contribution < -0.4 is 24.4 Å². The van der Waals surface area contributed by atoms with E-state index in [1.807, 2.05) is 6.92 Å². The lowest BCUT2D eigenvalue weighted by atomic mass is 10.1. The number of anilines is 1. The zero-order valence-corrected chi connectivity index (χ0v) is 20.4. The van der Waals surface area contributed by atoms with Crippen LogP contribution >= 0.6 is 22.6 Å². The van der Waals surface area contributed by atoms with E-state index < -0.39 is 17.8 Å². The van der Waals surface area contributed by atoms with E-state index in [4.69, 9.17) is 14.2 Å². The van der Waals surface area contributed by atoms with E-state index in [1.54, 1.807) is 42.5 Å². The summed E-state index contributed by atoms with van der Waals surface area (Å²) in [6.45, 7) is 6.48. The first-order valence-electron chi connectivity index (χ1n) is 10.1. The van der Waals surface area contributed by atoms with Crippen LogP contribution in [-0.4, -0.2) is 38.2 Å².